The Morgan fingerprint density at radius 2 is 1.64 bits per heavy atom. The summed E-state index contributed by atoms with van der Waals surface area (Å²) in [7, 11) is -2.24. The standard InChI is InChI=1S/C8H8O3S.C7H7.C5H9O2.C2H3F3.2K/c1-2-11-7-5-3-4-6-8(7)12(9)10;1-7-5-3-2-4-6-7;1-4(2)5(7)3-6;1-2(3,4)5;;/h4-6H,2H2,1H3;2-3,5-6H,1H3;4-5,7H,1-2H3;1H3;;/q-2;2*-1;;2*+1. The van der Waals surface area contributed by atoms with Crippen molar-refractivity contribution < 1.29 is 139 Å². The van der Waals surface area contributed by atoms with Gasteiger partial charge in [-0.3, -0.25) is 0 Å². The van der Waals surface area contributed by atoms with Crippen LogP contribution in [-0.2, 0) is 23.9 Å². The molecule has 0 saturated carbocycles. The van der Waals surface area contributed by atoms with E-state index in [1.807, 2.05) is 18.2 Å². The van der Waals surface area contributed by atoms with E-state index in [2.05, 4.69) is 25.1 Å². The van der Waals surface area contributed by atoms with Gasteiger partial charge in [-0.25, -0.2) is 6.29 Å². The molecule has 0 aromatic heterocycles. The molecule has 0 spiro atoms. The van der Waals surface area contributed by atoms with E-state index in [0.29, 0.717) is 12.4 Å². The second-order valence-electron chi connectivity index (χ2n) is 6.21. The van der Waals surface area contributed by atoms with Gasteiger partial charge in [-0.1, -0.05) is 31.5 Å². The Morgan fingerprint density at radius 3 is 1.91 bits per heavy atom. The molecule has 33 heavy (non-hydrogen) atoms. The van der Waals surface area contributed by atoms with Gasteiger partial charge in [0.1, 0.15) is 0 Å². The molecule has 0 heterocycles. The number of aryl methyl sites for hydroxylation is 1. The van der Waals surface area contributed by atoms with Crippen LogP contribution in [0.25, 0.3) is 0 Å². The molecule has 0 aliphatic carbocycles. The number of hydrogen-bond donors (Lipinski definition) is 1. The monoisotopic (exact) mass is 538 g/mol. The third-order valence-corrected chi connectivity index (χ3v) is 3.58. The average molecular weight is 539 g/mol. The number of carbonyl (C=O) groups excluding carboxylic acids is 1. The zero-order valence-electron chi connectivity index (χ0n) is 20.0. The quantitative estimate of drug-likeness (QED) is 0.301. The average Bonchev–Trinajstić information content (AvgIpc) is 2.68. The van der Waals surface area contributed by atoms with Gasteiger partial charge in [0.2, 0.25) is 0 Å². The van der Waals surface area contributed by atoms with Crippen molar-refractivity contribution in [2.75, 3.05) is 6.61 Å². The Bertz CT molecular complexity index is 788. The molecular weight excluding hydrogens is 511 g/mol. The molecule has 5 nitrogen and oxygen atoms in total. The first kappa shape index (κ1) is 41.0. The van der Waals surface area contributed by atoms with Crippen molar-refractivity contribution in [3.63, 3.8) is 0 Å². The number of rotatable bonds is 5. The Labute approximate surface area is 281 Å². The fourth-order valence-corrected chi connectivity index (χ4v) is 1.89. The maximum Gasteiger partial charge on any atom is 1.00 e. The zero-order chi connectivity index (χ0) is 24.4. The molecule has 0 aliphatic rings. The van der Waals surface area contributed by atoms with Crippen molar-refractivity contribution in [3.8, 4) is 5.75 Å². The fraction of sp³-hybridized carbons (Fsp3) is 0.409. The summed E-state index contributed by atoms with van der Waals surface area (Å²) in [6, 6.07) is 18.1. The van der Waals surface area contributed by atoms with Crippen LogP contribution in [0.1, 0.15) is 33.3 Å². The molecule has 0 fully saturated rings. The van der Waals surface area contributed by atoms with Crippen LogP contribution in [0.15, 0.2) is 47.4 Å². The van der Waals surface area contributed by atoms with Gasteiger partial charge in [-0.05, 0) is 24.7 Å². The number of ether oxygens (including phenoxy) is 1. The molecule has 0 saturated heterocycles. The van der Waals surface area contributed by atoms with E-state index in [1.54, 1.807) is 20.8 Å². The minimum Gasteiger partial charge on any atom is -0.553 e. The van der Waals surface area contributed by atoms with E-state index in [9.17, 15) is 26.4 Å². The van der Waals surface area contributed by atoms with E-state index >= 15 is 0 Å². The summed E-state index contributed by atoms with van der Waals surface area (Å²) in [4.78, 5) is 9.75. The maximum atomic E-state index is 10.6. The van der Waals surface area contributed by atoms with Crippen LogP contribution in [0.3, 0.4) is 0 Å². The third kappa shape index (κ3) is 29.0. The predicted octanol–water partition coefficient (Wildman–Crippen LogP) is -0.961. The molecule has 0 aliphatic heterocycles. The summed E-state index contributed by atoms with van der Waals surface area (Å²) >= 11 is 0. The van der Waals surface area contributed by atoms with Crippen molar-refractivity contribution in [2.24, 2.45) is 5.92 Å². The molecule has 0 radical (unpaired) electrons. The smallest absolute Gasteiger partial charge is 0.553 e. The van der Waals surface area contributed by atoms with Crippen LogP contribution in [0, 0.1) is 25.0 Å². The van der Waals surface area contributed by atoms with Crippen molar-refractivity contribution in [1.82, 2.24) is 0 Å². The molecule has 0 bridgehead atoms. The Hall–Kier alpha value is 0.883. The number of aliphatic hydroxyl groups is 1. The van der Waals surface area contributed by atoms with Gasteiger partial charge in [-0.2, -0.15) is 72.2 Å². The first-order valence-corrected chi connectivity index (χ1v) is 10.2. The van der Waals surface area contributed by atoms with Crippen LogP contribution in [-0.4, -0.2) is 30.3 Å². The van der Waals surface area contributed by atoms with Crippen LogP contribution < -0.4 is 108 Å². The minimum atomic E-state index is -4.00. The number of aliphatic hydroxyl groups excluding tert-OH is 1. The van der Waals surface area contributed by atoms with Crippen LogP contribution in [0.2, 0.25) is 0 Å². The van der Waals surface area contributed by atoms with E-state index in [4.69, 9.17) is 9.84 Å². The fourth-order valence-electron chi connectivity index (χ4n) is 1.43. The number of benzene rings is 2. The van der Waals surface area contributed by atoms with Gasteiger partial charge in [0.05, 0.1) is 6.61 Å². The topological polar surface area (TPSA) is 80.7 Å². The molecule has 1 unspecified atom stereocenters. The summed E-state index contributed by atoms with van der Waals surface area (Å²) in [5, 5.41) is 8.51. The van der Waals surface area contributed by atoms with E-state index < -0.39 is 23.0 Å². The van der Waals surface area contributed by atoms with Gasteiger partial charge in [-0.15, -0.1) is 6.07 Å². The van der Waals surface area contributed by atoms with Crippen LogP contribution >= 0.6 is 0 Å². The van der Waals surface area contributed by atoms with Gasteiger partial charge in [0, 0.05) is 6.92 Å². The Morgan fingerprint density at radius 1 is 1.12 bits per heavy atom. The SMILES string of the molecule is CC(C)C(O)[C-]=O.CC(F)(F)F.CCOc1c[c-]ccc1[S-](=O)=O.Cc1c[c-]ccc1.[K+].[K+]. The van der Waals surface area contributed by atoms with E-state index in [0.717, 1.165) is 0 Å². The molecule has 1 N–H and O–H groups in total. The molecule has 176 valence electrons. The first-order chi connectivity index (χ1) is 14.3. The predicted molar refractivity (Wildman–Crippen MR) is 112 cm³/mol. The van der Waals surface area contributed by atoms with Crippen LogP contribution in [0.4, 0.5) is 13.2 Å². The molecular formula is C22H27F3K2O5S-2. The van der Waals surface area contributed by atoms with Crippen molar-refractivity contribution in [3.05, 3.63) is 60.2 Å². The third-order valence-electron chi connectivity index (χ3n) is 2.88. The molecule has 2 rings (SSSR count). The van der Waals surface area contributed by atoms with Crippen molar-refractivity contribution in [1.29, 1.82) is 0 Å². The summed E-state index contributed by atoms with van der Waals surface area (Å²) in [6.45, 7) is 8.00. The molecule has 1 atom stereocenters. The van der Waals surface area contributed by atoms with E-state index in [1.165, 1.54) is 30.0 Å². The maximum absolute atomic E-state index is 10.6. The second kappa shape index (κ2) is 24.6. The van der Waals surface area contributed by atoms with Crippen molar-refractivity contribution >= 4 is 17.0 Å². The second-order valence-corrected chi connectivity index (χ2v) is 7.12. The van der Waals surface area contributed by atoms with Gasteiger partial charge < -0.3 is 23.1 Å². The van der Waals surface area contributed by atoms with Gasteiger partial charge >= 0.3 is 109 Å². The normalized spacial score (nSPS) is 10.4. The largest absolute Gasteiger partial charge is 1.00 e. The minimum absolute atomic E-state index is 0. The molecule has 2 aromatic carbocycles. The molecule has 11 heteroatoms. The van der Waals surface area contributed by atoms with Gasteiger partial charge in [0.25, 0.3) is 0 Å². The van der Waals surface area contributed by atoms with Crippen LogP contribution in [0.5, 0.6) is 5.75 Å². The summed E-state index contributed by atoms with van der Waals surface area (Å²) < 4.78 is 57.3. The molecule has 2 aromatic rings. The Balaban J connectivity index is -0.000000176. The van der Waals surface area contributed by atoms with Gasteiger partial charge in [0.15, 0.2) is 0 Å². The summed E-state index contributed by atoms with van der Waals surface area (Å²) in [5.74, 6) is 0.353. The summed E-state index contributed by atoms with van der Waals surface area (Å²) in [6.07, 6.45) is -3.43. The first-order valence-electron chi connectivity index (χ1n) is 9.10. The summed E-state index contributed by atoms with van der Waals surface area (Å²) in [5.41, 5.74) is 1.27. The molecule has 0 amide bonds. The number of hydrogen-bond acceptors (Lipinski definition) is 6. The Kier molecular flexibility index (Phi) is 30.5. The zero-order valence-corrected chi connectivity index (χ0v) is 27.1. The van der Waals surface area contributed by atoms with E-state index in [-0.39, 0.29) is 121 Å². The van der Waals surface area contributed by atoms with Crippen molar-refractivity contribution in [2.45, 2.75) is 51.8 Å². The number of halogens is 3. The number of alkyl halides is 3.